The SMILES string of the molecule is CCCCNC(=O)c1ccccc1NC(=O)CCCN(c1ccc(C)cc1)S(C)(=O)=O. The molecule has 0 bridgehead atoms. The van der Waals surface area contributed by atoms with Crippen LogP contribution in [-0.2, 0) is 14.8 Å². The second kappa shape index (κ2) is 11.5. The highest BCUT2D eigenvalue weighted by atomic mass is 32.2. The number of para-hydroxylation sites is 1. The quantitative estimate of drug-likeness (QED) is 0.516. The Morgan fingerprint density at radius 2 is 1.68 bits per heavy atom. The smallest absolute Gasteiger partial charge is 0.253 e. The summed E-state index contributed by atoms with van der Waals surface area (Å²) in [4.78, 5) is 24.8. The van der Waals surface area contributed by atoms with Gasteiger partial charge in [-0.3, -0.25) is 13.9 Å². The molecule has 2 amide bonds. The first kappa shape index (κ1) is 24.4. The van der Waals surface area contributed by atoms with Crippen molar-refractivity contribution in [3.8, 4) is 0 Å². The predicted octanol–water partition coefficient (Wildman–Crippen LogP) is 3.71. The van der Waals surface area contributed by atoms with E-state index in [9.17, 15) is 18.0 Å². The first-order valence-electron chi connectivity index (χ1n) is 10.4. The topological polar surface area (TPSA) is 95.6 Å². The van der Waals surface area contributed by atoms with Gasteiger partial charge < -0.3 is 10.6 Å². The van der Waals surface area contributed by atoms with Crippen LogP contribution in [0.25, 0.3) is 0 Å². The van der Waals surface area contributed by atoms with E-state index in [1.165, 1.54) is 4.31 Å². The van der Waals surface area contributed by atoms with Gasteiger partial charge in [0.25, 0.3) is 5.91 Å². The molecule has 0 aromatic heterocycles. The van der Waals surface area contributed by atoms with Crippen LogP contribution >= 0.6 is 0 Å². The number of amides is 2. The molecule has 2 aromatic rings. The predicted molar refractivity (Wildman–Crippen MR) is 125 cm³/mol. The molecule has 0 saturated heterocycles. The molecule has 31 heavy (non-hydrogen) atoms. The highest BCUT2D eigenvalue weighted by molar-refractivity contribution is 7.92. The van der Waals surface area contributed by atoms with Gasteiger partial charge in [0, 0.05) is 19.5 Å². The molecule has 0 unspecified atom stereocenters. The maximum Gasteiger partial charge on any atom is 0.253 e. The number of hydrogen-bond acceptors (Lipinski definition) is 4. The monoisotopic (exact) mass is 445 g/mol. The highest BCUT2D eigenvalue weighted by Gasteiger charge is 2.18. The fraction of sp³-hybridized carbons (Fsp3) is 0.391. The van der Waals surface area contributed by atoms with Crippen LogP contribution in [0.1, 0.15) is 48.5 Å². The Morgan fingerprint density at radius 1 is 1.00 bits per heavy atom. The van der Waals surface area contributed by atoms with Gasteiger partial charge in [0.1, 0.15) is 0 Å². The molecule has 0 aliphatic rings. The summed E-state index contributed by atoms with van der Waals surface area (Å²) in [7, 11) is -3.47. The van der Waals surface area contributed by atoms with E-state index in [1.807, 2.05) is 26.0 Å². The van der Waals surface area contributed by atoms with Crippen molar-refractivity contribution in [2.45, 2.75) is 39.5 Å². The van der Waals surface area contributed by atoms with Crippen LogP contribution in [0.15, 0.2) is 48.5 Å². The van der Waals surface area contributed by atoms with Gasteiger partial charge in [-0.2, -0.15) is 0 Å². The fourth-order valence-electron chi connectivity index (χ4n) is 3.06. The van der Waals surface area contributed by atoms with E-state index in [0.29, 0.717) is 29.9 Å². The summed E-state index contributed by atoms with van der Waals surface area (Å²) in [5.41, 5.74) is 2.46. The number of hydrogen-bond donors (Lipinski definition) is 2. The minimum atomic E-state index is -3.47. The molecular formula is C23H31N3O4S. The normalized spacial score (nSPS) is 11.1. The lowest BCUT2D eigenvalue weighted by Crippen LogP contribution is -2.31. The molecule has 168 valence electrons. The van der Waals surface area contributed by atoms with E-state index in [2.05, 4.69) is 10.6 Å². The number of carbonyl (C=O) groups excluding carboxylic acids is 2. The minimum Gasteiger partial charge on any atom is -0.352 e. The Labute approximate surface area is 184 Å². The number of nitrogens with one attached hydrogen (secondary N) is 2. The average Bonchev–Trinajstić information content (AvgIpc) is 2.72. The van der Waals surface area contributed by atoms with Crippen molar-refractivity contribution in [3.05, 3.63) is 59.7 Å². The molecule has 0 aliphatic carbocycles. The first-order chi connectivity index (χ1) is 14.7. The van der Waals surface area contributed by atoms with Gasteiger partial charge in [-0.15, -0.1) is 0 Å². The van der Waals surface area contributed by atoms with Crippen LogP contribution in [0.4, 0.5) is 11.4 Å². The lowest BCUT2D eigenvalue weighted by atomic mass is 10.1. The van der Waals surface area contributed by atoms with Crippen LogP contribution in [0.2, 0.25) is 0 Å². The third kappa shape index (κ3) is 7.71. The van der Waals surface area contributed by atoms with E-state index in [4.69, 9.17) is 0 Å². The summed E-state index contributed by atoms with van der Waals surface area (Å²) in [6.07, 6.45) is 3.49. The van der Waals surface area contributed by atoms with Crippen molar-refractivity contribution in [1.29, 1.82) is 0 Å². The largest absolute Gasteiger partial charge is 0.352 e. The Hall–Kier alpha value is -2.87. The third-order valence-corrected chi connectivity index (χ3v) is 5.94. The van der Waals surface area contributed by atoms with Gasteiger partial charge in [-0.25, -0.2) is 8.42 Å². The molecule has 2 aromatic carbocycles. The van der Waals surface area contributed by atoms with E-state index in [1.54, 1.807) is 36.4 Å². The Balaban J connectivity index is 1.97. The summed E-state index contributed by atoms with van der Waals surface area (Å²) >= 11 is 0. The standard InChI is InChI=1S/C23H31N3O4S/c1-4-5-16-24-23(28)20-9-6-7-10-21(20)25-22(27)11-8-17-26(31(3,29)30)19-14-12-18(2)13-15-19/h6-7,9-10,12-15H,4-5,8,11,16-17H2,1-3H3,(H,24,28)(H,25,27). The number of unbranched alkanes of at least 4 members (excludes halogenated alkanes) is 1. The molecule has 0 spiro atoms. The lowest BCUT2D eigenvalue weighted by Gasteiger charge is -2.22. The maximum absolute atomic E-state index is 12.4. The fourth-order valence-corrected chi connectivity index (χ4v) is 4.02. The molecule has 2 N–H and O–H groups in total. The van der Waals surface area contributed by atoms with Crippen LogP contribution in [0, 0.1) is 6.92 Å². The van der Waals surface area contributed by atoms with E-state index in [-0.39, 0.29) is 24.8 Å². The molecule has 0 atom stereocenters. The van der Waals surface area contributed by atoms with Gasteiger partial charge >= 0.3 is 0 Å². The van der Waals surface area contributed by atoms with Gasteiger partial charge in [0.2, 0.25) is 15.9 Å². The maximum atomic E-state index is 12.4. The number of rotatable bonds is 11. The summed E-state index contributed by atoms with van der Waals surface area (Å²) in [6, 6.07) is 14.1. The number of aryl methyl sites for hydroxylation is 1. The zero-order valence-corrected chi connectivity index (χ0v) is 19.2. The van der Waals surface area contributed by atoms with Crippen molar-refractivity contribution in [3.63, 3.8) is 0 Å². The molecule has 0 radical (unpaired) electrons. The number of nitrogens with zero attached hydrogens (tertiary/aromatic N) is 1. The summed E-state index contributed by atoms with van der Waals surface area (Å²) < 4.78 is 25.7. The van der Waals surface area contributed by atoms with E-state index in [0.717, 1.165) is 24.7 Å². The first-order valence-corrected chi connectivity index (χ1v) is 12.3. The molecular weight excluding hydrogens is 414 g/mol. The molecule has 0 heterocycles. The molecule has 8 heteroatoms. The van der Waals surface area contributed by atoms with Gasteiger partial charge in [-0.1, -0.05) is 43.2 Å². The Bertz CT molecular complexity index is 988. The van der Waals surface area contributed by atoms with E-state index >= 15 is 0 Å². The summed E-state index contributed by atoms with van der Waals surface area (Å²) in [5, 5.41) is 5.62. The minimum absolute atomic E-state index is 0.129. The molecule has 0 aliphatic heterocycles. The average molecular weight is 446 g/mol. The van der Waals surface area contributed by atoms with Gasteiger partial charge in [-0.05, 0) is 44.0 Å². The van der Waals surface area contributed by atoms with Gasteiger partial charge in [0.15, 0.2) is 0 Å². The summed E-state index contributed by atoms with van der Waals surface area (Å²) in [5.74, 6) is -0.502. The second-order valence-electron chi connectivity index (χ2n) is 7.48. The van der Waals surface area contributed by atoms with Crippen molar-refractivity contribution in [2.24, 2.45) is 0 Å². The van der Waals surface area contributed by atoms with Crippen molar-refractivity contribution < 1.29 is 18.0 Å². The Kier molecular flexibility index (Phi) is 9.05. The van der Waals surface area contributed by atoms with Crippen LogP contribution in [0.5, 0.6) is 0 Å². The molecule has 2 rings (SSSR count). The Morgan fingerprint density at radius 3 is 2.32 bits per heavy atom. The lowest BCUT2D eigenvalue weighted by molar-refractivity contribution is -0.116. The highest BCUT2D eigenvalue weighted by Crippen LogP contribution is 2.20. The number of sulfonamides is 1. The third-order valence-electron chi connectivity index (χ3n) is 4.75. The van der Waals surface area contributed by atoms with Crippen LogP contribution in [0.3, 0.4) is 0 Å². The van der Waals surface area contributed by atoms with Gasteiger partial charge in [0.05, 0.1) is 23.2 Å². The zero-order valence-electron chi connectivity index (χ0n) is 18.3. The van der Waals surface area contributed by atoms with Crippen LogP contribution < -0.4 is 14.9 Å². The number of anilines is 2. The van der Waals surface area contributed by atoms with Crippen LogP contribution in [-0.4, -0.2) is 39.6 Å². The zero-order chi connectivity index (χ0) is 22.9. The summed E-state index contributed by atoms with van der Waals surface area (Å²) in [6.45, 7) is 4.75. The van der Waals surface area contributed by atoms with Crippen molar-refractivity contribution >= 4 is 33.2 Å². The number of benzene rings is 2. The van der Waals surface area contributed by atoms with E-state index < -0.39 is 10.0 Å². The molecule has 0 fully saturated rings. The molecule has 7 nitrogen and oxygen atoms in total. The van der Waals surface area contributed by atoms with Crippen molar-refractivity contribution in [2.75, 3.05) is 29.0 Å². The number of carbonyl (C=O) groups is 2. The van der Waals surface area contributed by atoms with Crippen molar-refractivity contribution in [1.82, 2.24) is 5.32 Å². The second-order valence-corrected chi connectivity index (χ2v) is 9.38. The molecule has 0 saturated carbocycles.